The quantitative estimate of drug-likeness (QED) is 0.677. The Balaban J connectivity index is 2.40. The van der Waals surface area contributed by atoms with Crippen LogP contribution in [0.25, 0.3) is 18.2 Å². The van der Waals surface area contributed by atoms with Crippen LogP contribution in [-0.2, 0) is 0 Å². The maximum Gasteiger partial charge on any atom is 0.118 e. The van der Waals surface area contributed by atoms with Gasteiger partial charge in [0.25, 0.3) is 0 Å². The monoisotopic (exact) mass is 368 g/mol. The zero-order valence-corrected chi connectivity index (χ0v) is 16.4. The highest BCUT2D eigenvalue weighted by atomic mass is 32.2. The summed E-state index contributed by atoms with van der Waals surface area (Å²) in [5.74, 6) is 0.823. The molecular weight excluding hydrogens is 348 g/mol. The summed E-state index contributed by atoms with van der Waals surface area (Å²) in [7, 11) is 1.65. The number of methoxy groups -OCH3 is 1. The molecule has 25 heavy (non-hydrogen) atoms. The number of nitriles is 1. The standard InChI is InChI=1S/C20H20N2OS2/c1-14-19(13-21)16(11-17(22-14)12-20(24-3)25-4)8-5-15-6-9-18(23-2)10-7-15/h5-12H,1-4H3/b8-5+. The molecule has 0 unspecified atom stereocenters. The fraction of sp³-hybridized carbons (Fsp3) is 0.200. The summed E-state index contributed by atoms with van der Waals surface area (Å²) >= 11 is 3.38. The number of nitrogens with zero attached hydrogens (tertiary/aromatic N) is 2. The van der Waals surface area contributed by atoms with Gasteiger partial charge in [0.15, 0.2) is 0 Å². The van der Waals surface area contributed by atoms with E-state index < -0.39 is 0 Å². The molecule has 0 bridgehead atoms. The lowest BCUT2D eigenvalue weighted by atomic mass is 10.0. The van der Waals surface area contributed by atoms with Gasteiger partial charge >= 0.3 is 0 Å². The van der Waals surface area contributed by atoms with Gasteiger partial charge in [0.05, 0.1) is 24.1 Å². The van der Waals surface area contributed by atoms with Crippen molar-refractivity contribution < 1.29 is 4.74 Å². The summed E-state index contributed by atoms with van der Waals surface area (Å²) in [6.45, 7) is 1.87. The molecule has 0 amide bonds. The van der Waals surface area contributed by atoms with Crippen molar-refractivity contribution in [2.75, 3.05) is 19.6 Å². The normalized spacial score (nSPS) is 10.5. The van der Waals surface area contributed by atoms with Crippen LogP contribution >= 0.6 is 23.5 Å². The molecule has 0 aliphatic rings. The van der Waals surface area contributed by atoms with Gasteiger partial charge in [-0.1, -0.05) is 24.3 Å². The van der Waals surface area contributed by atoms with Crippen molar-refractivity contribution in [2.45, 2.75) is 6.92 Å². The number of hydrogen-bond donors (Lipinski definition) is 0. The van der Waals surface area contributed by atoms with Crippen LogP contribution < -0.4 is 4.74 Å². The zero-order chi connectivity index (χ0) is 18.2. The van der Waals surface area contributed by atoms with Crippen LogP contribution in [0.2, 0.25) is 0 Å². The molecule has 2 aromatic rings. The molecule has 0 radical (unpaired) electrons. The van der Waals surface area contributed by atoms with E-state index in [0.29, 0.717) is 5.56 Å². The Labute approximate surface area is 157 Å². The highest BCUT2D eigenvalue weighted by Crippen LogP contribution is 2.27. The molecule has 5 heteroatoms. The lowest BCUT2D eigenvalue weighted by molar-refractivity contribution is 0.415. The molecule has 0 saturated carbocycles. The lowest BCUT2D eigenvalue weighted by Gasteiger charge is -2.06. The van der Waals surface area contributed by atoms with E-state index >= 15 is 0 Å². The van der Waals surface area contributed by atoms with E-state index in [1.165, 1.54) is 4.24 Å². The predicted octanol–water partition coefficient (Wildman–Crippen LogP) is 5.47. The summed E-state index contributed by atoms with van der Waals surface area (Å²) in [6.07, 6.45) is 10.1. The highest BCUT2D eigenvalue weighted by molar-refractivity contribution is 8.21. The zero-order valence-electron chi connectivity index (χ0n) is 14.7. The summed E-state index contributed by atoms with van der Waals surface area (Å²) < 4.78 is 6.35. The van der Waals surface area contributed by atoms with Crippen LogP contribution in [0, 0.1) is 18.3 Å². The van der Waals surface area contributed by atoms with Gasteiger partial charge in [-0.3, -0.25) is 4.98 Å². The van der Waals surface area contributed by atoms with Crippen molar-refractivity contribution in [1.82, 2.24) is 4.98 Å². The van der Waals surface area contributed by atoms with Crippen molar-refractivity contribution in [3.8, 4) is 11.8 Å². The number of rotatable bonds is 6. The van der Waals surface area contributed by atoms with Crippen LogP contribution in [0.4, 0.5) is 0 Å². The van der Waals surface area contributed by atoms with Gasteiger partial charge in [-0.2, -0.15) is 5.26 Å². The second kappa shape index (κ2) is 9.36. The Morgan fingerprint density at radius 1 is 1.16 bits per heavy atom. The van der Waals surface area contributed by atoms with E-state index in [4.69, 9.17) is 4.74 Å². The number of pyridine rings is 1. The molecule has 1 heterocycles. The van der Waals surface area contributed by atoms with Crippen molar-refractivity contribution in [1.29, 1.82) is 5.26 Å². The molecule has 0 spiro atoms. The minimum Gasteiger partial charge on any atom is -0.497 e. The van der Waals surface area contributed by atoms with Gasteiger partial charge in [0.1, 0.15) is 11.8 Å². The minimum atomic E-state index is 0.608. The molecule has 2 rings (SSSR count). The van der Waals surface area contributed by atoms with Crippen molar-refractivity contribution in [3.63, 3.8) is 0 Å². The molecule has 128 valence electrons. The molecule has 0 fully saturated rings. The van der Waals surface area contributed by atoms with E-state index in [9.17, 15) is 5.26 Å². The first kappa shape index (κ1) is 19.2. The van der Waals surface area contributed by atoms with Crippen LogP contribution in [0.15, 0.2) is 34.6 Å². The van der Waals surface area contributed by atoms with Gasteiger partial charge in [-0.15, -0.1) is 23.5 Å². The summed E-state index contributed by atoms with van der Waals surface area (Å²) in [5, 5.41) is 9.47. The van der Waals surface area contributed by atoms with Gasteiger partial charge in [-0.25, -0.2) is 0 Å². The Morgan fingerprint density at radius 2 is 1.84 bits per heavy atom. The number of aryl methyl sites for hydroxylation is 1. The van der Waals surface area contributed by atoms with Crippen molar-refractivity contribution in [2.24, 2.45) is 0 Å². The van der Waals surface area contributed by atoms with Crippen LogP contribution in [0.1, 0.15) is 28.1 Å². The van der Waals surface area contributed by atoms with Crippen molar-refractivity contribution >= 4 is 41.8 Å². The average molecular weight is 369 g/mol. The summed E-state index contributed by atoms with van der Waals surface area (Å²) in [4.78, 5) is 4.54. The third-order valence-electron chi connectivity index (χ3n) is 3.60. The Hall–Kier alpha value is -2.16. The number of thioether (sulfide) groups is 2. The van der Waals surface area contributed by atoms with Crippen LogP contribution in [-0.4, -0.2) is 24.6 Å². The number of aromatic nitrogens is 1. The molecule has 1 aromatic carbocycles. The summed E-state index contributed by atoms with van der Waals surface area (Å²) in [6, 6.07) is 12.0. The van der Waals surface area contributed by atoms with E-state index in [0.717, 1.165) is 28.3 Å². The molecular formula is C20H20N2OS2. The molecule has 0 N–H and O–H groups in total. The highest BCUT2D eigenvalue weighted by Gasteiger charge is 2.07. The van der Waals surface area contributed by atoms with E-state index in [-0.39, 0.29) is 0 Å². The maximum absolute atomic E-state index is 9.47. The fourth-order valence-corrected chi connectivity index (χ4v) is 3.44. The van der Waals surface area contributed by atoms with E-state index in [1.54, 1.807) is 30.6 Å². The maximum atomic E-state index is 9.47. The average Bonchev–Trinajstić information content (AvgIpc) is 2.64. The Morgan fingerprint density at radius 3 is 2.40 bits per heavy atom. The molecule has 0 aliphatic heterocycles. The van der Waals surface area contributed by atoms with Crippen LogP contribution in [0.5, 0.6) is 5.75 Å². The molecule has 0 atom stereocenters. The molecule has 0 aliphatic carbocycles. The summed E-state index contributed by atoms with van der Waals surface area (Å²) in [5.41, 5.74) is 4.14. The molecule has 1 aromatic heterocycles. The number of ether oxygens (including phenoxy) is 1. The minimum absolute atomic E-state index is 0.608. The van der Waals surface area contributed by atoms with E-state index in [2.05, 4.69) is 11.1 Å². The van der Waals surface area contributed by atoms with Crippen LogP contribution in [0.3, 0.4) is 0 Å². The first-order valence-corrected chi connectivity index (χ1v) is 10.1. The predicted molar refractivity (Wildman–Crippen MR) is 111 cm³/mol. The van der Waals surface area contributed by atoms with Gasteiger partial charge in [0.2, 0.25) is 0 Å². The largest absolute Gasteiger partial charge is 0.497 e. The smallest absolute Gasteiger partial charge is 0.118 e. The SMILES string of the molecule is COc1ccc(/C=C/c2cc(C=C(SC)SC)nc(C)c2C#N)cc1. The fourth-order valence-electron chi connectivity index (χ4n) is 2.30. The first-order valence-electron chi connectivity index (χ1n) is 7.64. The topological polar surface area (TPSA) is 45.9 Å². The third kappa shape index (κ3) is 5.15. The molecule has 0 saturated heterocycles. The van der Waals surface area contributed by atoms with Gasteiger partial charge in [0, 0.05) is 4.24 Å². The van der Waals surface area contributed by atoms with E-state index in [1.807, 2.05) is 68.0 Å². The lowest BCUT2D eigenvalue weighted by Crippen LogP contribution is -1.95. The molecule has 3 nitrogen and oxygen atoms in total. The Bertz CT molecular complexity index is 828. The number of hydrogen-bond acceptors (Lipinski definition) is 5. The van der Waals surface area contributed by atoms with Crippen molar-refractivity contribution in [3.05, 3.63) is 62.6 Å². The van der Waals surface area contributed by atoms with Gasteiger partial charge in [-0.05, 0) is 54.8 Å². The number of benzene rings is 1. The van der Waals surface area contributed by atoms with Gasteiger partial charge < -0.3 is 4.74 Å². The third-order valence-corrected chi connectivity index (χ3v) is 5.64. The Kier molecular flexibility index (Phi) is 7.17. The second-order valence-corrected chi connectivity index (χ2v) is 7.14. The first-order chi connectivity index (χ1) is 12.1. The second-order valence-electron chi connectivity index (χ2n) is 5.19.